The molecule has 0 aliphatic rings. The van der Waals surface area contributed by atoms with Crippen LogP contribution >= 0.6 is 0 Å². The molecule has 23 heavy (non-hydrogen) atoms. The van der Waals surface area contributed by atoms with Crippen molar-refractivity contribution in [1.29, 1.82) is 0 Å². The van der Waals surface area contributed by atoms with Crippen molar-refractivity contribution in [1.82, 2.24) is 10.2 Å². The lowest BCUT2D eigenvalue weighted by Crippen LogP contribution is -2.10. The Hall–Kier alpha value is -2.62. The minimum Gasteiger partial charge on any atom is -0.309 e. The quantitative estimate of drug-likeness (QED) is 0.741. The normalized spacial score (nSPS) is 10.9. The molecule has 2 N–H and O–H groups in total. The largest absolute Gasteiger partial charge is 0.309 e. The molecule has 0 bridgehead atoms. The van der Waals surface area contributed by atoms with E-state index in [9.17, 15) is 4.79 Å². The van der Waals surface area contributed by atoms with Crippen molar-refractivity contribution in [2.24, 2.45) is 0 Å². The van der Waals surface area contributed by atoms with Crippen molar-refractivity contribution in [3.63, 3.8) is 0 Å². The third-order valence-electron chi connectivity index (χ3n) is 4.00. The summed E-state index contributed by atoms with van der Waals surface area (Å²) in [4.78, 5) is 11.8. The van der Waals surface area contributed by atoms with E-state index in [1.165, 1.54) is 16.7 Å². The number of aromatic nitrogens is 2. The molecule has 0 unspecified atom stereocenters. The molecule has 2 aromatic carbocycles. The minimum absolute atomic E-state index is 0.000458. The topological polar surface area (TPSA) is 57.8 Å². The van der Waals surface area contributed by atoms with Crippen LogP contribution in [0.25, 0.3) is 22.0 Å². The zero-order valence-electron chi connectivity index (χ0n) is 13.7. The highest BCUT2D eigenvalue weighted by Gasteiger charge is 2.10. The van der Waals surface area contributed by atoms with Gasteiger partial charge in [0.1, 0.15) is 0 Å². The second-order valence-electron chi connectivity index (χ2n) is 5.95. The van der Waals surface area contributed by atoms with Crippen LogP contribution < -0.4 is 5.32 Å². The number of H-pyrrole nitrogens is 1. The smallest absolute Gasteiger partial charge is 0.225 e. The Bertz CT molecular complexity index is 864. The fraction of sp³-hybridized carbons (Fsp3) is 0.263. The first kappa shape index (κ1) is 15.3. The van der Waals surface area contributed by atoms with Crippen LogP contribution in [0.2, 0.25) is 0 Å². The number of amides is 1. The summed E-state index contributed by atoms with van der Waals surface area (Å²) in [6, 6.07) is 12.6. The number of benzene rings is 2. The molecule has 0 spiro atoms. The van der Waals surface area contributed by atoms with Crippen LogP contribution in [0.3, 0.4) is 0 Å². The van der Waals surface area contributed by atoms with Crippen LogP contribution in [0.1, 0.15) is 30.9 Å². The van der Waals surface area contributed by atoms with Gasteiger partial charge >= 0.3 is 0 Å². The second-order valence-corrected chi connectivity index (χ2v) is 5.95. The van der Waals surface area contributed by atoms with Crippen molar-refractivity contribution in [2.45, 2.75) is 33.6 Å². The summed E-state index contributed by atoms with van der Waals surface area (Å²) in [6.07, 6.45) is 1.33. The van der Waals surface area contributed by atoms with E-state index in [1.807, 2.05) is 13.0 Å². The van der Waals surface area contributed by atoms with Gasteiger partial charge in [-0.1, -0.05) is 36.8 Å². The molecule has 0 aliphatic heterocycles. The van der Waals surface area contributed by atoms with Crippen LogP contribution in [-0.4, -0.2) is 16.1 Å². The maximum absolute atomic E-state index is 11.8. The highest BCUT2D eigenvalue weighted by molar-refractivity contribution is 6.00. The van der Waals surface area contributed by atoms with E-state index in [-0.39, 0.29) is 5.91 Å². The van der Waals surface area contributed by atoms with Gasteiger partial charge in [0.25, 0.3) is 0 Å². The molecule has 4 heteroatoms. The van der Waals surface area contributed by atoms with Crippen molar-refractivity contribution in [3.8, 4) is 11.1 Å². The Labute approximate surface area is 135 Å². The lowest BCUT2D eigenvalue weighted by Gasteiger charge is -2.08. The van der Waals surface area contributed by atoms with Gasteiger partial charge in [-0.25, -0.2) is 0 Å². The highest BCUT2D eigenvalue weighted by Crippen LogP contribution is 2.29. The van der Waals surface area contributed by atoms with Gasteiger partial charge in [-0.05, 0) is 49.1 Å². The summed E-state index contributed by atoms with van der Waals surface area (Å²) in [5, 5.41) is 11.0. The minimum atomic E-state index is -0.000458. The van der Waals surface area contributed by atoms with E-state index in [0.717, 1.165) is 22.9 Å². The standard InChI is InChI=1S/C19H21N3O/c1-4-5-18(23)20-19-15-9-8-14(11-17(15)21-22-19)16-10-12(2)6-7-13(16)3/h6-11H,4-5H2,1-3H3,(H2,20,21,22,23). The molecule has 1 amide bonds. The average molecular weight is 307 g/mol. The second kappa shape index (κ2) is 6.24. The van der Waals surface area contributed by atoms with Crippen LogP contribution in [0.5, 0.6) is 0 Å². The van der Waals surface area contributed by atoms with Crippen LogP contribution in [-0.2, 0) is 4.79 Å². The predicted molar refractivity (Wildman–Crippen MR) is 94.5 cm³/mol. The van der Waals surface area contributed by atoms with E-state index in [1.54, 1.807) is 0 Å². The summed E-state index contributed by atoms with van der Waals surface area (Å²) >= 11 is 0. The molecule has 1 heterocycles. The third-order valence-corrected chi connectivity index (χ3v) is 4.00. The Balaban J connectivity index is 1.98. The molecule has 0 saturated carbocycles. The third kappa shape index (κ3) is 3.11. The Morgan fingerprint density at radius 1 is 1.17 bits per heavy atom. The molecule has 3 rings (SSSR count). The lowest BCUT2D eigenvalue weighted by molar-refractivity contribution is -0.116. The maximum Gasteiger partial charge on any atom is 0.225 e. The monoisotopic (exact) mass is 307 g/mol. The van der Waals surface area contributed by atoms with Crippen molar-refractivity contribution in [3.05, 3.63) is 47.5 Å². The number of nitrogens with one attached hydrogen (secondary N) is 2. The van der Waals surface area contributed by atoms with Crippen molar-refractivity contribution in [2.75, 3.05) is 5.32 Å². The van der Waals surface area contributed by atoms with Gasteiger partial charge in [-0.15, -0.1) is 0 Å². The molecule has 1 aromatic heterocycles. The van der Waals surface area contributed by atoms with E-state index in [0.29, 0.717) is 12.2 Å². The summed E-state index contributed by atoms with van der Waals surface area (Å²) in [5.74, 6) is 0.602. The number of aromatic amines is 1. The van der Waals surface area contributed by atoms with E-state index < -0.39 is 0 Å². The molecular weight excluding hydrogens is 286 g/mol. The number of hydrogen-bond donors (Lipinski definition) is 2. The number of rotatable bonds is 4. The Morgan fingerprint density at radius 3 is 2.78 bits per heavy atom. The molecule has 0 radical (unpaired) electrons. The van der Waals surface area contributed by atoms with E-state index in [2.05, 4.69) is 59.7 Å². The fourth-order valence-corrected chi connectivity index (χ4v) is 2.75. The number of anilines is 1. The molecule has 0 fully saturated rings. The van der Waals surface area contributed by atoms with Crippen LogP contribution in [0, 0.1) is 13.8 Å². The molecule has 4 nitrogen and oxygen atoms in total. The zero-order valence-corrected chi connectivity index (χ0v) is 13.7. The summed E-state index contributed by atoms with van der Waals surface area (Å²) < 4.78 is 0. The zero-order chi connectivity index (χ0) is 16.4. The van der Waals surface area contributed by atoms with E-state index in [4.69, 9.17) is 0 Å². The number of nitrogens with zero attached hydrogens (tertiary/aromatic N) is 1. The number of aryl methyl sites for hydroxylation is 2. The molecule has 0 atom stereocenters. The number of fused-ring (bicyclic) bond motifs is 1. The molecule has 3 aromatic rings. The number of carbonyl (C=O) groups excluding carboxylic acids is 1. The van der Waals surface area contributed by atoms with Gasteiger partial charge in [0.15, 0.2) is 5.82 Å². The number of carbonyl (C=O) groups is 1. The molecule has 0 saturated heterocycles. The average Bonchev–Trinajstić information content (AvgIpc) is 2.92. The van der Waals surface area contributed by atoms with Gasteiger partial charge in [-0.2, -0.15) is 5.10 Å². The molecule has 118 valence electrons. The first-order chi connectivity index (χ1) is 11.1. The van der Waals surface area contributed by atoms with Crippen molar-refractivity contribution < 1.29 is 4.79 Å². The van der Waals surface area contributed by atoms with Crippen LogP contribution in [0.15, 0.2) is 36.4 Å². The Morgan fingerprint density at radius 2 is 2.00 bits per heavy atom. The van der Waals surface area contributed by atoms with Crippen LogP contribution in [0.4, 0.5) is 5.82 Å². The highest BCUT2D eigenvalue weighted by atomic mass is 16.1. The molecule has 0 aliphatic carbocycles. The summed E-state index contributed by atoms with van der Waals surface area (Å²) in [7, 11) is 0. The first-order valence-electron chi connectivity index (χ1n) is 7.94. The first-order valence-corrected chi connectivity index (χ1v) is 7.94. The summed E-state index contributed by atoms with van der Waals surface area (Å²) in [6.45, 7) is 6.19. The SMILES string of the molecule is CCCC(=O)Nc1n[nH]c2cc(-c3cc(C)ccc3C)ccc12. The van der Waals surface area contributed by atoms with Gasteiger partial charge in [0.2, 0.25) is 5.91 Å². The van der Waals surface area contributed by atoms with Gasteiger partial charge in [0, 0.05) is 11.8 Å². The maximum atomic E-state index is 11.8. The van der Waals surface area contributed by atoms with Gasteiger partial charge in [0.05, 0.1) is 5.52 Å². The number of hydrogen-bond acceptors (Lipinski definition) is 2. The Kier molecular flexibility index (Phi) is 4.15. The van der Waals surface area contributed by atoms with Gasteiger partial charge in [-0.3, -0.25) is 9.89 Å². The van der Waals surface area contributed by atoms with Gasteiger partial charge < -0.3 is 5.32 Å². The van der Waals surface area contributed by atoms with E-state index >= 15 is 0 Å². The lowest BCUT2D eigenvalue weighted by atomic mass is 9.98. The summed E-state index contributed by atoms with van der Waals surface area (Å²) in [5.41, 5.74) is 5.77. The predicted octanol–water partition coefficient (Wildman–Crippen LogP) is 4.59. The fourth-order valence-electron chi connectivity index (χ4n) is 2.75. The van der Waals surface area contributed by atoms with Crippen molar-refractivity contribution >= 4 is 22.6 Å². The molecular formula is C19H21N3O.